The third-order valence-corrected chi connectivity index (χ3v) is 6.61. The largest absolute Gasteiger partial charge is 0.507 e. The van der Waals surface area contributed by atoms with Crippen molar-refractivity contribution in [2.45, 2.75) is 0 Å². The number of hydrogen-bond acceptors (Lipinski definition) is 2. The number of halogens is 1. The highest BCUT2D eigenvalue weighted by Gasteiger charge is 2.15. The van der Waals surface area contributed by atoms with Crippen molar-refractivity contribution in [1.29, 1.82) is 0 Å². The molecule has 1 aromatic heterocycles. The van der Waals surface area contributed by atoms with Gasteiger partial charge < -0.3 is 5.11 Å². The molecule has 0 radical (unpaired) electrons. The topological polar surface area (TPSA) is 20.2 Å². The van der Waals surface area contributed by atoms with E-state index >= 15 is 0 Å². The molecule has 5 aromatic rings. The van der Waals surface area contributed by atoms with E-state index in [0.717, 1.165) is 9.13 Å². The van der Waals surface area contributed by atoms with E-state index < -0.39 is 0 Å². The molecule has 120 valence electrons. The van der Waals surface area contributed by atoms with E-state index in [9.17, 15) is 5.11 Å². The Bertz CT molecular complexity index is 1270. The van der Waals surface area contributed by atoms with Gasteiger partial charge in [0.15, 0.2) is 0 Å². The summed E-state index contributed by atoms with van der Waals surface area (Å²) in [5.41, 5.74) is 2.40. The van der Waals surface area contributed by atoms with Crippen molar-refractivity contribution in [3.05, 3.63) is 76.4 Å². The molecule has 1 heterocycles. The maximum absolute atomic E-state index is 9.94. The monoisotopic (exact) mass is 452 g/mol. The van der Waals surface area contributed by atoms with Gasteiger partial charge in [-0.2, -0.15) is 0 Å². The second-order valence-corrected chi connectivity index (χ2v) is 8.36. The lowest BCUT2D eigenvalue weighted by Crippen LogP contribution is -1.85. The summed E-state index contributed by atoms with van der Waals surface area (Å²) in [6, 6.07) is 25.3. The summed E-state index contributed by atoms with van der Waals surface area (Å²) in [6.07, 6.45) is 0. The molecule has 0 bridgehead atoms. The maximum atomic E-state index is 9.94. The number of thiophene rings is 1. The molecule has 0 atom stereocenters. The number of phenolic OH excluding ortho intramolecular Hbond substituents is 1. The highest BCUT2D eigenvalue weighted by atomic mass is 127. The highest BCUT2D eigenvalue weighted by Crippen LogP contribution is 2.44. The molecule has 0 amide bonds. The number of hydrogen-bond donors (Lipinski definition) is 1. The van der Waals surface area contributed by atoms with Crippen LogP contribution in [-0.2, 0) is 0 Å². The zero-order chi connectivity index (χ0) is 17.0. The standard InChI is InChI=1S/C22H13IOS/c23-17-11-14(9-10-18(17)24)21-15-6-2-1-5-13(15)12-20-22(21)16-7-3-4-8-19(16)25-20/h1-12,24H. The number of benzene rings is 4. The molecular formula is C22H13IOS. The third kappa shape index (κ3) is 2.34. The van der Waals surface area contributed by atoms with Crippen LogP contribution in [0.2, 0.25) is 0 Å². The van der Waals surface area contributed by atoms with Gasteiger partial charge in [0, 0.05) is 20.2 Å². The molecule has 3 heteroatoms. The summed E-state index contributed by atoms with van der Waals surface area (Å²) in [6.45, 7) is 0. The summed E-state index contributed by atoms with van der Waals surface area (Å²) in [5.74, 6) is 0.330. The van der Waals surface area contributed by atoms with Gasteiger partial charge in [0.05, 0.1) is 3.57 Å². The van der Waals surface area contributed by atoms with E-state index in [-0.39, 0.29) is 0 Å². The average Bonchev–Trinajstić information content (AvgIpc) is 3.00. The summed E-state index contributed by atoms with van der Waals surface area (Å²) >= 11 is 4.03. The Labute approximate surface area is 162 Å². The molecule has 0 saturated heterocycles. The van der Waals surface area contributed by atoms with Gasteiger partial charge in [-0.25, -0.2) is 0 Å². The van der Waals surface area contributed by atoms with Crippen LogP contribution in [0.25, 0.3) is 42.1 Å². The van der Waals surface area contributed by atoms with Crippen LogP contribution in [0.1, 0.15) is 0 Å². The molecule has 25 heavy (non-hydrogen) atoms. The molecule has 0 saturated carbocycles. The zero-order valence-corrected chi connectivity index (χ0v) is 16.1. The molecular weight excluding hydrogens is 439 g/mol. The normalized spacial score (nSPS) is 11.6. The fraction of sp³-hybridized carbons (Fsp3) is 0. The average molecular weight is 452 g/mol. The minimum absolute atomic E-state index is 0.330. The molecule has 0 unspecified atom stereocenters. The van der Waals surface area contributed by atoms with E-state index in [1.54, 1.807) is 6.07 Å². The molecule has 4 aromatic carbocycles. The Morgan fingerprint density at radius 1 is 0.760 bits per heavy atom. The Morgan fingerprint density at radius 3 is 2.36 bits per heavy atom. The van der Waals surface area contributed by atoms with Crippen LogP contribution in [0, 0.1) is 3.57 Å². The van der Waals surface area contributed by atoms with Crippen LogP contribution in [0.15, 0.2) is 72.8 Å². The zero-order valence-electron chi connectivity index (χ0n) is 13.2. The predicted octanol–water partition coefficient (Wildman–Crippen LogP) is 7.18. The van der Waals surface area contributed by atoms with Crippen molar-refractivity contribution in [3.63, 3.8) is 0 Å². The molecule has 0 aliphatic rings. The smallest absolute Gasteiger partial charge is 0.128 e. The second-order valence-electron chi connectivity index (χ2n) is 6.11. The highest BCUT2D eigenvalue weighted by molar-refractivity contribution is 14.1. The molecule has 0 spiro atoms. The first-order valence-corrected chi connectivity index (χ1v) is 9.94. The third-order valence-electron chi connectivity index (χ3n) is 4.63. The van der Waals surface area contributed by atoms with Gasteiger partial charge in [-0.15, -0.1) is 11.3 Å². The lowest BCUT2D eigenvalue weighted by atomic mass is 9.93. The minimum atomic E-state index is 0.330. The van der Waals surface area contributed by atoms with E-state index in [4.69, 9.17) is 0 Å². The fourth-order valence-corrected chi connectivity index (χ4v) is 5.19. The Kier molecular flexibility index (Phi) is 3.47. The fourth-order valence-electron chi connectivity index (χ4n) is 3.51. The van der Waals surface area contributed by atoms with Crippen molar-refractivity contribution >= 4 is 64.9 Å². The summed E-state index contributed by atoms with van der Waals surface area (Å²) < 4.78 is 3.48. The van der Waals surface area contributed by atoms with Crippen LogP contribution < -0.4 is 0 Å². The minimum Gasteiger partial charge on any atom is -0.507 e. The van der Waals surface area contributed by atoms with Gasteiger partial charge in [0.25, 0.3) is 0 Å². The van der Waals surface area contributed by atoms with Gasteiger partial charge in [-0.05, 0) is 68.8 Å². The van der Waals surface area contributed by atoms with Crippen molar-refractivity contribution in [2.75, 3.05) is 0 Å². The summed E-state index contributed by atoms with van der Waals surface area (Å²) in [7, 11) is 0. The molecule has 0 aliphatic carbocycles. The molecule has 1 nitrogen and oxygen atoms in total. The van der Waals surface area contributed by atoms with Crippen LogP contribution in [0.3, 0.4) is 0 Å². The number of phenols is 1. The van der Waals surface area contributed by atoms with E-state index in [0.29, 0.717) is 5.75 Å². The van der Waals surface area contributed by atoms with Gasteiger partial charge in [0.2, 0.25) is 0 Å². The SMILES string of the molecule is Oc1ccc(-c2c3ccccc3cc3sc4ccccc4c23)cc1I. The number of rotatable bonds is 1. The van der Waals surface area contributed by atoms with Crippen molar-refractivity contribution in [3.8, 4) is 16.9 Å². The Balaban J connectivity index is 2.04. The van der Waals surface area contributed by atoms with Crippen LogP contribution in [0.4, 0.5) is 0 Å². The lowest BCUT2D eigenvalue weighted by molar-refractivity contribution is 0.471. The maximum Gasteiger partial charge on any atom is 0.128 e. The van der Waals surface area contributed by atoms with Crippen molar-refractivity contribution in [1.82, 2.24) is 0 Å². The van der Waals surface area contributed by atoms with E-state index in [2.05, 4.69) is 83.3 Å². The molecule has 1 N–H and O–H groups in total. The van der Waals surface area contributed by atoms with E-state index in [1.807, 2.05) is 17.4 Å². The van der Waals surface area contributed by atoms with Crippen LogP contribution in [0.5, 0.6) is 5.75 Å². The first-order chi connectivity index (χ1) is 12.2. The van der Waals surface area contributed by atoms with Crippen LogP contribution >= 0.6 is 33.9 Å². The quantitative estimate of drug-likeness (QED) is 0.267. The van der Waals surface area contributed by atoms with E-state index in [1.165, 1.54) is 36.5 Å². The van der Waals surface area contributed by atoms with Gasteiger partial charge >= 0.3 is 0 Å². The first kappa shape index (κ1) is 15.2. The first-order valence-electron chi connectivity index (χ1n) is 8.04. The summed E-state index contributed by atoms with van der Waals surface area (Å²) in [4.78, 5) is 0. The Hall–Kier alpha value is -2.11. The molecule has 5 rings (SSSR count). The second kappa shape index (κ2) is 5.71. The van der Waals surface area contributed by atoms with Crippen molar-refractivity contribution in [2.24, 2.45) is 0 Å². The number of fused-ring (bicyclic) bond motifs is 4. The molecule has 0 fully saturated rings. The Morgan fingerprint density at radius 2 is 1.52 bits per heavy atom. The van der Waals surface area contributed by atoms with Crippen molar-refractivity contribution < 1.29 is 5.11 Å². The van der Waals surface area contributed by atoms with Gasteiger partial charge in [-0.1, -0.05) is 48.5 Å². The predicted molar refractivity (Wildman–Crippen MR) is 117 cm³/mol. The van der Waals surface area contributed by atoms with Crippen LogP contribution in [-0.4, -0.2) is 5.11 Å². The van der Waals surface area contributed by atoms with Gasteiger partial charge in [0.1, 0.15) is 5.75 Å². The van der Waals surface area contributed by atoms with Gasteiger partial charge in [-0.3, -0.25) is 0 Å². The number of aromatic hydroxyl groups is 1. The molecule has 0 aliphatic heterocycles. The lowest BCUT2D eigenvalue weighted by Gasteiger charge is -2.11. The summed E-state index contributed by atoms with van der Waals surface area (Å²) in [5, 5.41) is 15.0.